The number of halogens is 1. The molecule has 2 aromatic rings. The van der Waals surface area contributed by atoms with Gasteiger partial charge in [0.1, 0.15) is 5.75 Å². The van der Waals surface area contributed by atoms with Crippen LogP contribution in [-0.2, 0) is 11.2 Å². The van der Waals surface area contributed by atoms with E-state index >= 15 is 0 Å². The van der Waals surface area contributed by atoms with E-state index in [4.69, 9.17) is 0 Å². The third-order valence-corrected chi connectivity index (χ3v) is 3.18. The van der Waals surface area contributed by atoms with Gasteiger partial charge < -0.3 is 10.4 Å². The van der Waals surface area contributed by atoms with E-state index in [-0.39, 0.29) is 18.1 Å². The summed E-state index contributed by atoms with van der Waals surface area (Å²) < 4.78 is 0.829. The van der Waals surface area contributed by atoms with Gasteiger partial charge in [0, 0.05) is 10.0 Å². The molecule has 0 heterocycles. The lowest BCUT2D eigenvalue weighted by atomic mass is 10.1. The normalized spacial score (nSPS) is 10.1. The Kier molecular flexibility index (Phi) is 3.99. The van der Waals surface area contributed by atoms with Gasteiger partial charge >= 0.3 is 0 Å². The molecule has 2 N–H and O–H groups in total. The molecule has 0 aliphatic carbocycles. The minimum Gasteiger partial charge on any atom is -0.508 e. The number of benzene rings is 2. The van der Waals surface area contributed by atoms with Crippen molar-refractivity contribution in [2.75, 3.05) is 5.32 Å². The zero-order valence-corrected chi connectivity index (χ0v) is 11.1. The van der Waals surface area contributed by atoms with Crippen molar-refractivity contribution in [1.29, 1.82) is 0 Å². The van der Waals surface area contributed by atoms with Crippen LogP contribution in [0.15, 0.2) is 53.0 Å². The average Bonchev–Trinajstić information content (AvgIpc) is 2.35. The van der Waals surface area contributed by atoms with Crippen molar-refractivity contribution in [3.8, 4) is 5.75 Å². The topological polar surface area (TPSA) is 49.3 Å². The number of phenols is 1. The fourth-order valence-electron chi connectivity index (χ4n) is 1.59. The van der Waals surface area contributed by atoms with Crippen molar-refractivity contribution in [1.82, 2.24) is 0 Å². The quantitative estimate of drug-likeness (QED) is 0.914. The average molecular weight is 306 g/mol. The summed E-state index contributed by atoms with van der Waals surface area (Å²) in [7, 11) is 0. The Morgan fingerprint density at radius 3 is 2.50 bits per heavy atom. The molecule has 0 saturated heterocycles. The fraction of sp³-hybridized carbons (Fsp3) is 0.0714. The van der Waals surface area contributed by atoms with Gasteiger partial charge in [-0.05, 0) is 34.1 Å². The van der Waals surface area contributed by atoms with Crippen molar-refractivity contribution in [3.63, 3.8) is 0 Å². The van der Waals surface area contributed by atoms with Crippen LogP contribution in [0.1, 0.15) is 5.56 Å². The molecule has 0 radical (unpaired) electrons. The molecule has 0 aromatic heterocycles. The summed E-state index contributed by atoms with van der Waals surface area (Å²) >= 11 is 3.36. The molecule has 2 aromatic carbocycles. The number of carbonyl (C=O) groups is 1. The molecule has 0 atom stereocenters. The minimum absolute atomic E-state index is 0.139. The molecule has 92 valence electrons. The van der Waals surface area contributed by atoms with Crippen LogP contribution < -0.4 is 5.32 Å². The Labute approximate surface area is 114 Å². The zero-order valence-electron chi connectivity index (χ0n) is 9.56. The zero-order chi connectivity index (χ0) is 13.0. The standard InChI is InChI=1S/C14H12BrNO2/c15-11-6-2-3-7-12(11)16-14(18)9-10-5-1-4-8-13(10)17/h1-8,17H,9H2,(H,16,18). The predicted octanol–water partition coefficient (Wildman–Crippen LogP) is 3.34. The number of phenolic OH excluding ortho intramolecular Hbond substituents is 1. The van der Waals surface area contributed by atoms with Crippen LogP contribution in [-0.4, -0.2) is 11.0 Å². The number of rotatable bonds is 3. The molecule has 0 aliphatic heterocycles. The predicted molar refractivity (Wildman–Crippen MR) is 74.6 cm³/mol. The van der Waals surface area contributed by atoms with Crippen LogP contribution in [0.25, 0.3) is 0 Å². The summed E-state index contributed by atoms with van der Waals surface area (Å²) in [6, 6.07) is 14.2. The van der Waals surface area contributed by atoms with Gasteiger partial charge in [0.05, 0.1) is 12.1 Å². The van der Waals surface area contributed by atoms with E-state index in [1.54, 1.807) is 24.3 Å². The molecule has 0 bridgehead atoms. The second-order valence-corrected chi connectivity index (χ2v) is 4.69. The first-order chi connectivity index (χ1) is 8.66. The SMILES string of the molecule is O=C(Cc1ccccc1O)Nc1ccccc1Br. The van der Waals surface area contributed by atoms with Crippen LogP contribution in [0.2, 0.25) is 0 Å². The van der Waals surface area contributed by atoms with Crippen LogP contribution in [0.3, 0.4) is 0 Å². The number of nitrogens with one attached hydrogen (secondary N) is 1. The van der Waals surface area contributed by atoms with Crippen LogP contribution in [0.4, 0.5) is 5.69 Å². The molecule has 18 heavy (non-hydrogen) atoms. The van der Waals surface area contributed by atoms with Gasteiger partial charge in [-0.15, -0.1) is 0 Å². The monoisotopic (exact) mass is 305 g/mol. The van der Waals surface area contributed by atoms with Gasteiger partial charge in [-0.3, -0.25) is 4.79 Å². The van der Waals surface area contributed by atoms with E-state index < -0.39 is 0 Å². The van der Waals surface area contributed by atoms with E-state index in [9.17, 15) is 9.90 Å². The Bertz CT molecular complexity index is 520. The van der Waals surface area contributed by atoms with Crippen molar-refractivity contribution in [2.45, 2.75) is 6.42 Å². The maximum atomic E-state index is 11.8. The summed E-state index contributed by atoms with van der Waals surface area (Å²) in [6.45, 7) is 0. The highest BCUT2D eigenvalue weighted by atomic mass is 79.9. The summed E-state index contributed by atoms with van der Waals surface area (Å²) in [6.07, 6.45) is 0.147. The molecule has 3 nitrogen and oxygen atoms in total. The highest BCUT2D eigenvalue weighted by Gasteiger charge is 2.08. The Balaban J connectivity index is 2.06. The number of hydrogen-bond donors (Lipinski definition) is 2. The maximum absolute atomic E-state index is 11.8. The molecular formula is C14H12BrNO2. The molecule has 1 amide bonds. The molecule has 4 heteroatoms. The van der Waals surface area contributed by atoms with Gasteiger partial charge in [0.15, 0.2) is 0 Å². The number of para-hydroxylation sites is 2. The summed E-state index contributed by atoms with van der Waals surface area (Å²) in [4.78, 5) is 11.8. The van der Waals surface area contributed by atoms with Gasteiger partial charge in [-0.1, -0.05) is 30.3 Å². The second kappa shape index (κ2) is 5.69. The molecule has 0 aliphatic rings. The van der Waals surface area contributed by atoms with Crippen molar-refractivity contribution in [2.24, 2.45) is 0 Å². The number of hydrogen-bond acceptors (Lipinski definition) is 2. The van der Waals surface area contributed by atoms with Gasteiger partial charge in [-0.2, -0.15) is 0 Å². The molecular weight excluding hydrogens is 294 g/mol. The molecule has 0 spiro atoms. The summed E-state index contributed by atoms with van der Waals surface area (Å²) in [5.41, 5.74) is 1.33. The van der Waals surface area contributed by atoms with Crippen molar-refractivity contribution >= 4 is 27.5 Å². The van der Waals surface area contributed by atoms with Gasteiger partial charge in [0.2, 0.25) is 5.91 Å². The lowest BCUT2D eigenvalue weighted by molar-refractivity contribution is -0.115. The number of anilines is 1. The highest BCUT2D eigenvalue weighted by Crippen LogP contribution is 2.22. The Morgan fingerprint density at radius 1 is 1.11 bits per heavy atom. The summed E-state index contributed by atoms with van der Waals surface area (Å²) in [5.74, 6) is -0.0248. The first-order valence-electron chi connectivity index (χ1n) is 5.48. The first-order valence-corrected chi connectivity index (χ1v) is 6.27. The van der Waals surface area contributed by atoms with E-state index in [0.29, 0.717) is 5.56 Å². The maximum Gasteiger partial charge on any atom is 0.228 e. The number of aromatic hydroxyl groups is 1. The van der Waals surface area contributed by atoms with E-state index in [2.05, 4.69) is 21.2 Å². The van der Waals surface area contributed by atoms with Crippen LogP contribution >= 0.6 is 15.9 Å². The van der Waals surface area contributed by atoms with E-state index in [1.807, 2.05) is 24.3 Å². The summed E-state index contributed by atoms with van der Waals surface area (Å²) in [5, 5.41) is 12.4. The highest BCUT2D eigenvalue weighted by molar-refractivity contribution is 9.10. The molecule has 0 unspecified atom stereocenters. The van der Waals surface area contributed by atoms with Crippen molar-refractivity contribution < 1.29 is 9.90 Å². The lowest BCUT2D eigenvalue weighted by Gasteiger charge is -2.08. The third kappa shape index (κ3) is 3.11. The smallest absolute Gasteiger partial charge is 0.228 e. The van der Waals surface area contributed by atoms with E-state index in [0.717, 1.165) is 10.2 Å². The Hall–Kier alpha value is -1.81. The van der Waals surface area contributed by atoms with Crippen LogP contribution in [0.5, 0.6) is 5.75 Å². The largest absolute Gasteiger partial charge is 0.508 e. The number of amides is 1. The van der Waals surface area contributed by atoms with Gasteiger partial charge in [0.25, 0.3) is 0 Å². The first kappa shape index (κ1) is 12.6. The molecule has 0 saturated carbocycles. The third-order valence-electron chi connectivity index (χ3n) is 2.49. The second-order valence-electron chi connectivity index (χ2n) is 3.83. The molecule has 0 fully saturated rings. The van der Waals surface area contributed by atoms with Crippen LogP contribution in [0, 0.1) is 0 Å². The van der Waals surface area contributed by atoms with E-state index in [1.165, 1.54) is 0 Å². The minimum atomic E-state index is -0.164. The van der Waals surface area contributed by atoms with Gasteiger partial charge in [-0.25, -0.2) is 0 Å². The van der Waals surface area contributed by atoms with Crippen molar-refractivity contribution in [3.05, 3.63) is 58.6 Å². The number of carbonyl (C=O) groups excluding carboxylic acids is 1. The lowest BCUT2D eigenvalue weighted by Crippen LogP contribution is -2.14. The Morgan fingerprint density at radius 2 is 1.78 bits per heavy atom. The fourth-order valence-corrected chi connectivity index (χ4v) is 1.97. The molecule has 2 rings (SSSR count).